The van der Waals surface area contributed by atoms with E-state index in [0.717, 1.165) is 23.9 Å². The van der Waals surface area contributed by atoms with Crippen LogP contribution in [0.1, 0.15) is 29.2 Å². The maximum absolute atomic E-state index is 3.64. The molecule has 0 saturated heterocycles. The Morgan fingerprint density at radius 1 is 1.00 bits per heavy atom. The molecule has 21 heavy (non-hydrogen) atoms. The van der Waals surface area contributed by atoms with Gasteiger partial charge >= 0.3 is 0 Å². The van der Waals surface area contributed by atoms with E-state index in [1.807, 2.05) is 0 Å². The fraction of sp³-hybridized carbons (Fsp3) is 0.368. The van der Waals surface area contributed by atoms with Gasteiger partial charge in [-0.3, -0.25) is 0 Å². The van der Waals surface area contributed by atoms with Crippen molar-refractivity contribution in [1.82, 2.24) is 5.32 Å². The number of rotatable bonds is 6. The molecule has 2 aromatic carbocycles. The zero-order valence-corrected chi connectivity index (χ0v) is 14.7. The number of nitrogens with one attached hydrogen (secondary N) is 1. The number of hydrogen-bond acceptors (Lipinski definition) is 1. The molecule has 0 saturated carbocycles. The van der Waals surface area contributed by atoms with Crippen molar-refractivity contribution < 1.29 is 0 Å². The lowest BCUT2D eigenvalue weighted by molar-refractivity contribution is 0.519. The molecular formula is C19H24BrN. The zero-order chi connectivity index (χ0) is 15.2. The third-order valence-electron chi connectivity index (χ3n) is 3.96. The number of benzene rings is 2. The molecule has 0 aromatic heterocycles. The van der Waals surface area contributed by atoms with E-state index in [9.17, 15) is 0 Å². The molecule has 1 N–H and O–H groups in total. The van der Waals surface area contributed by atoms with Crippen LogP contribution in [0.4, 0.5) is 0 Å². The zero-order valence-electron chi connectivity index (χ0n) is 13.1. The minimum Gasteiger partial charge on any atom is -0.314 e. The second kappa shape index (κ2) is 7.77. The van der Waals surface area contributed by atoms with Gasteiger partial charge in [-0.05, 0) is 67.6 Å². The average Bonchev–Trinajstić information content (AvgIpc) is 2.43. The summed E-state index contributed by atoms with van der Waals surface area (Å²) in [7, 11) is 0. The Labute approximate surface area is 136 Å². The van der Waals surface area contributed by atoms with Gasteiger partial charge in [0.15, 0.2) is 0 Å². The first kappa shape index (κ1) is 16.3. The Hall–Kier alpha value is -1.12. The van der Waals surface area contributed by atoms with Crippen LogP contribution in [0.2, 0.25) is 0 Å². The number of likely N-dealkylation sites (N-methyl/N-ethyl adjacent to an activating group) is 1. The van der Waals surface area contributed by atoms with Gasteiger partial charge in [-0.2, -0.15) is 0 Å². The van der Waals surface area contributed by atoms with Gasteiger partial charge < -0.3 is 5.32 Å². The Bertz CT molecular complexity index is 572. The minimum absolute atomic E-state index is 0.476. The van der Waals surface area contributed by atoms with E-state index in [1.165, 1.54) is 22.3 Å². The smallest absolute Gasteiger partial charge is 0.0178 e. The lowest BCUT2D eigenvalue weighted by Crippen LogP contribution is -2.33. The summed E-state index contributed by atoms with van der Waals surface area (Å²) in [4.78, 5) is 0. The molecule has 0 spiro atoms. The van der Waals surface area contributed by atoms with Gasteiger partial charge in [0.2, 0.25) is 0 Å². The summed E-state index contributed by atoms with van der Waals surface area (Å²) in [5, 5.41) is 3.64. The van der Waals surface area contributed by atoms with Crippen molar-refractivity contribution in [2.24, 2.45) is 0 Å². The molecule has 0 aliphatic rings. The number of aryl methyl sites for hydroxylation is 2. The summed E-state index contributed by atoms with van der Waals surface area (Å²) in [5.41, 5.74) is 5.65. The maximum Gasteiger partial charge on any atom is 0.0178 e. The third-order valence-corrected chi connectivity index (χ3v) is 4.45. The number of halogens is 1. The van der Waals surface area contributed by atoms with Crippen LogP contribution < -0.4 is 5.32 Å². The molecule has 0 aliphatic heterocycles. The van der Waals surface area contributed by atoms with Crippen molar-refractivity contribution in [3.05, 3.63) is 69.2 Å². The Morgan fingerprint density at radius 2 is 1.67 bits per heavy atom. The molecule has 0 radical (unpaired) electrons. The molecule has 0 bridgehead atoms. The second-order valence-corrected chi connectivity index (χ2v) is 6.58. The van der Waals surface area contributed by atoms with Gasteiger partial charge in [0.1, 0.15) is 0 Å². The summed E-state index contributed by atoms with van der Waals surface area (Å²) in [6, 6.07) is 15.7. The van der Waals surface area contributed by atoms with Crippen molar-refractivity contribution in [1.29, 1.82) is 0 Å². The van der Waals surface area contributed by atoms with Gasteiger partial charge in [0.05, 0.1) is 0 Å². The van der Waals surface area contributed by atoms with Crippen LogP contribution in [0.3, 0.4) is 0 Å². The first-order chi connectivity index (χ1) is 10.1. The van der Waals surface area contributed by atoms with Gasteiger partial charge in [-0.1, -0.05) is 53.2 Å². The van der Waals surface area contributed by atoms with E-state index in [4.69, 9.17) is 0 Å². The molecule has 2 rings (SSSR count). The molecule has 1 unspecified atom stereocenters. The van der Waals surface area contributed by atoms with E-state index in [-0.39, 0.29) is 0 Å². The highest BCUT2D eigenvalue weighted by Crippen LogP contribution is 2.18. The van der Waals surface area contributed by atoms with Crippen LogP contribution in [0, 0.1) is 13.8 Å². The van der Waals surface area contributed by atoms with Gasteiger partial charge in [0, 0.05) is 10.5 Å². The molecule has 2 heteroatoms. The fourth-order valence-corrected chi connectivity index (χ4v) is 3.32. The van der Waals surface area contributed by atoms with Gasteiger partial charge in [0.25, 0.3) is 0 Å². The van der Waals surface area contributed by atoms with Crippen molar-refractivity contribution in [3.8, 4) is 0 Å². The van der Waals surface area contributed by atoms with Gasteiger partial charge in [-0.15, -0.1) is 0 Å². The standard InChI is InChI=1S/C19H24BrN/c1-4-21-18(12-16-9-6-10-17(20)11-16)13-19-14(2)7-5-8-15(19)3/h5-11,18,21H,4,12-13H2,1-3H3. The van der Waals surface area contributed by atoms with Crippen LogP contribution in [-0.4, -0.2) is 12.6 Å². The first-order valence-corrected chi connectivity index (χ1v) is 8.42. The highest BCUT2D eigenvalue weighted by atomic mass is 79.9. The second-order valence-electron chi connectivity index (χ2n) is 5.66. The summed E-state index contributed by atoms with van der Waals surface area (Å²) in [6.07, 6.45) is 2.14. The third kappa shape index (κ3) is 4.69. The molecule has 1 nitrogen and oxygen atoms in total. The van der Waals surface area contributed by atoms with Crippen LogP contribution in [0.5, 0.6) is 0 Å². The molecule has 112 valence electrons. The molecule has 2 aromatic rings. The Balaban J connectivity index is 2.16. The van der Waals surface area contributed by atoms with Crippen molar-refractivity contribution in [2.75, 3.05) is 6.54 Å². The molecule has 0 amide bonds. The molecule has 0 heterocycles. The number of hydrogen-bond donors (Lipinski definition) is 1. The summed E-state index contributed by atoms with van der Waals surface area (Å²) >= 11 is 3.56. The van der Waals surface area contributed by atoms with Crippen LogP contribution in [0.25, 0.3) is 0 Å². The minimum atomic E-state index is 0.476. The van der Waals surface area contributed by atoms with E-state index in [2.05, 4.69) is 84.5 Å². The van der Waals surface area contributed by atoms with Crippen LogP contribution in [-0.2, 0) is 12.8 Å². The topological polar surface area (TPSA) is 12.0 Å². The van der Waals surface area contributed by atoms with E-state index < -0.39 is 0 Å². The maximum atomic E-state index is 3.64. The SMILES string of the molecule is CCNC(Cc1cccc(Br)c1)Cc1c(C)cccc1C. The van der Waals surface area contributed by atoms with Crippen LogP contribution >= 0.6 is 15.9 Å². The van der Waals surface area contributed by atoms with E-state index in [0.29, 0.717) is 6.04 Å². The van der Waals surface area contributed by atoms with Gasteiger partial charge in [-0.25, -0.2) is 0 Å². The average molecular weight is 346 g/mol. The summed E-state index contributed by atoms with van der Waals surface area (Å²) in [6.45, 7) is 7.61. The monoisotopic (exact) mass is 345 g/mol. The summed E-state index contributed by atoms with van der Waals surface area (Å²) in [5.74, 6) is 0. The quantitative estimate of drug-likeness (QED) is 0.790. The Morgan fingerprint density at radius 3 is 2.29 bits per heavy atom. The first-order valence-electron chi connectivity index (χ1n) is 7.63. The molecular weight excluding hydrogens is 322 g/mol. The normalized spacial score (nSPS) is 12.4. The van der Waals surface area contributed by atoms with E-state index >= 15 is 0 Å². The highest BCUT2D eigenvalue weighted by Gasteiger charge is 2.12. The lowest BCUT2D eigenvalue weighted by atomic mass is 9.93. The highest BCUT2D eigenvalue weighted by molar-refractivity contribution is 9.10. The molecule has 0 aliphatic carbocycles. The van der Waals surface area contributed by atoms with Crippen molar-refractivity contribution in [3.63, 3.8) is 0 Å². The largest absolute Gasteiger partial charge is 0.314 e. The lowest BCUT2D eigenvalue weighted by Gasteiger charge is -2.21. The molecule has 1 atom stereocenters. The van der Waals surface area contributed by atoms with E-state index in [1.54, 1.807) is 0 Å². The predicted octanol–water partition coefficient (Wildman–Crippen LogP) is 4.83. The van der Waals surface area contributed by atoms with Crippen molar-refractivity contribution in [2.45, 2.75) is 39.7 Å². The molecule has 0 fully saturated rings. The van der Waals surface area contributed by atoms with Crippen LogP contribution in [0.15, 0.2) is 46.9 Å². The van der Waals surface area contributed by atoms with Crippen molar-refractivity contribution >= 4 is 15.9 Å². The predicted molar refractivity (Wildman–Crippen MR) is 94.9 cm³/mol. The summed E-state index contributed by atoms with van der Waals surface area (Å²) < 4.78 is 1.15. The Kier molecular flexibility index (Phi) is 6.01. The fourth-order valence-electron chi connectivity index (χ4n) is 2.87.